The predicted octanol–water partition coefficient (Wildman–Crippen LogP) is 3.64. The van der Waals surface area contributed by atoms with Crippen molar-refractivity contribution in [2.75, 3.05) is 0 Å². The third kappa shape index (κ3) is 4.74. The minimum Gasteiger partial charge on any atom is -0.492 e. The highest BCUT2D eigenvalue weighted by molar-refractivity contribution is 6.10. The molecule has 1 rings (SSSR count). The first-order chi connectivity index (χ1) is 10.6. The van der Waals surface area contributed by atoms with Crippen molar-refractivity contribution in [3.63, 3.8) is 0 Å². The van der Waals surface area contributed by atoms with Crippen molar-refractivity contribution in [3.8, 4) is 0 Å². The summed E-state index contributed by atoms with van der Waals surface area (Å²) in [6.45, 7) is 8.78. The van der Waals surface area contributed by atoms with E-state index in [2.05, 4.69) is 0 Å². The second-order valence-electron chi connectivity index (χ2n) is 6.31. The van der Waals surface area contributed by atoms with Crippen LogP contribution in [0.2, 0.25) is 0 Å². The Morgan fingerprint density at radius 2 is 1.96 bits per heavy atom. The number of nitro benzene ring substituents is 1. The molecule has 0 N–H and O–H groups in total. The van der Waals surface area contributed by atoms with E-state index in [0.29, 0.717) is 11.8 Å². The molecule has 1 atom stereocenters. The van der Waals surface area contributed by atoms with Gasteiger partial charge in [0.2, 0.25) is 0 Å². The van der Waals surface area contributed by atoms with E-state index in [-0.39, 0.29) is 16.7 Å². The Bertz CT molecular complexity index is 655. The molecule has 6 heteroatoms. The van der Waals surface area contributed by atoms with Crippen molar-refractivity contribution < 1.29 is 19.2 Å². The predicted molar refractivity (Wildman–Crippen MR) is 86.1 cm³/mol. The standard InChI is InChI=1S/C17H21NO5/c1-11(20)13(9-19)10-23-12(2)15-7-6-14(17(3,4)5)8-16(15)18(21)22/h6-10,12H,1-5H3. The number of benzene rings is 1. The quantitative estimate of drug-likeness (QED) is 0.152. The molecule has 0 aliphatic heterocycles. The van der Waals surface area contributed by atoms with E-state index in [1.807, 2.05) is 26.8 Å². The molecule has 1 aromatic rings. The normalized spacial score (nSPS) is 13.3. The summed E-state index contributed by atoms with van der Waals surface area (Å²) < 4.78 is 5.34. The molecule has 1 unspecified atom stereocenters. The van der Waals surface area contributed by atoms with Gasteiger partial charge in [0, 0.05) is 6.07 Å². The summed E-state index contributed by atoms with van der Waals surface area (Å²) in [5, 5.41) is 11.3. The van der Waals surface area contributed by atoms with Crippen LogP contribution < -0.4 is 0 Å². The molecule has 0 radical (unpaired) electrons. The van der Waals surface area contributed by atoms with Crippen molar-refractivity contribution in [3.05, 3.63) is 51.3 Å². The molecule has 0 aliphatic rings. The number of hydrogen-bond acceptors (Lipinski definition) is 5. The summed E-state index contributed by atoms with van der Waals surface area (Å²) in [5.41, 5.74) is 0.841. The minimum atomic E-state index is -0.668. The van der Waals surface area contributed by atoms with E-state index in [0.717, 1.165) is 11.8 Å². The zero-order chi connectivity index (χ0) is 17.8. The van der Waals surface area contributed by atoms with Crippen LogP contribution >= 0.6 is 0 Å². The molecule has 0 aliphatic carbocycles. The van der Waals surface area contributed by atoms with Gasteiger partial charge in [-0.15, -0.1) is 0 Å². The van der Waals surface area contributed by atoms with Gasteiger partial charge in [-0.3, -0.25) is 19.7 Å². The number of ether oxygens (including phenoxy) is 1. The zero-order valence-corrected chi connectivity index (χ0v) is 14.0. The van der Waals surface area contributed by atoms with Gasteiger partial charge in [0.05, 0.1) is 22.3 Å². The Hall–Kier alpha value is -2.50. The number of Topliss-reactive ketones (excluding diaryl/α,β-unsaturated/α-hetero) is 1. The van der Waals surface area contributed by atoms with E-state index in [9.17, 15) is 19.7 Å². The van der Waals surface area contributed by atoms with E-state index < -0.39 is 16.8 Å². The number of nitrogens with zero attached hydrogens (tertiary/aromatic N) is 1. The molecule has 0 aromatic heterocycles. The molecule has 1 aromatic carbocycles. The summed E-state index contributed by atoms with van der Waals surface area (Å²) in [4.78, 5) is 32.8. The number of carbonyl (C=O) groups excluding carboxylic acids is 2. The molecular formula is C17H21NO5. The Labute approximate surface area is 135 Å². The average molecular weight is 319 g/mol. The smallest absolute Gasteiger partial charge is 0.276 e. The first-order valence-corrected chi connectivity index (χ1v) is 7.18. The summed E-state index contributed by atoms with van der Waals surface area (Å²) >= 11 is 0. The number of hydrogen-bond donors (Lipinski definition) is 0. The van der Waals surface area contributed by atoms with Gasteiger partial charge >= 0.3 is 0 Å². The van der Waals surface area contributed by atoms with Crippen molar-refractivity contribution in [1.29, 1.82) is 0 Å². The van der Waals surface area contributed by atoms with Gasteiger partial charge in [0.25, 0.3) is 5.69 Å². The van der Waals surface area contributed by atoms with Gasteiger partial charge < -0.3 is 4.74 Å². The number of ketones is 1. The van der Waals surface area contributed by atoms with Crippen LogP contribution in [0.25, 0.3) is 0 Å². The minimum absolute atomic E-state index is 0.0474. The van der Waals surface area contributed by atoms with Gasteiger partial charge in [-0.2, -0.15) is 0 Å². The monoisotopic (exact) mass is 319 g/mol. The molecule has 6 nitrogen and oxygen atoms in total. The Morgan fingerprint density at radius 3 is 2.39 bits per heavy atom. The highest BCUT2D eigenvalue weighted by atomic mass is 16.6. The van der Waals surface area contributed by atoms with E-state index >= 15 is 0 Å². The first-order valence-electron chi connectivity index (χ1n) is 7.18. The summed E-state index contributed by atoms with van der Waals surface area (Å²) in [7, 11) is 0. The zero-order valence-electron chi connectivity index (χ0n) is 14.0. The second kappa shape index (κ2) is 7.17. The average Bonchev–Trinajstić information content (AvgIpc) is 2.45. The van der Waals surface area contributed by atoms with Crippen LogP contribution in [-0.2, 0) is 19.7 Å². The van der Waals surface area contributed by atoms with E-state index in [4.69, 9.17) is 4.74 Å². The lowest BCUT2D eigenvalue weighted by Gasteiger charge is -2.20. The number of allylic oxidation sites excluding steroid dienone is 1. The molecule has 23 heavy (non-hydrogen) atoms. The van der Waals surface area contributed by atoms with Gasteiger partial charge in [0.15, 0.2) is 12.1 Å². The van der Waals surface area contributed by atoms with Gasteiger partial charge in [-0.25, -0.2) is 0 Å². The maximum Gasteiger partial charge on any atom is 0.276 e. The Kier molecular flexibility index (Phi) is 5.79. The maximum absolute atomic E-state index is 11.3. The first kappa shape index (κ1) is 18.5. The molecule has 0 saturated heterocycles. The Balaban J connectivity index is 3.19. The lowest BCUT2D eigenvalue weighted by molar-refractivity contribution is -0.386. The molecule has 0 saturated carbocycles. The van der Waals surface area contributed by atoms with Gasteiger partial charge in [-0.1, -0.05) is 26.8 Å². The molecule has 0 heterocycles. The van der Waals surface area contributed by atoms with Crippen LogP contribution in [0.1, 0.15) is 51.8 Å². The fourth-order valence-electron chi connectivity index (χ4n) is 1.95. The molecule has 0 fully saturated rings. The number of carbonyl (C=O) groups is 2. The molecule has 0 amide bonds. The molecular weight excluding hydrogens is 298 g/mol. The number of nitro groups is 1. The number of aldehydes is 1. The summed E-state index contributed by atoms with van der Waals surface area (Å²) in [6, 6.07) is 4.99. The van der Waals surface area contributed by atoms with Crippen molar-refractivity contribution in [2.24, 2.45) is 0 Å². The Morgan fingerprint density at radius 1 is 1.35 bits per heavy atom. The van der Waals surface area contributed by atoms with Crippen molar-refractivity contribution in [1.82, 2.24) is 0 Å². The number of rotatable bonds is 6. The highest BCUT2D eigenvalue weighted by Crippen LogP contribution is 2.32. The fourth-order valence-corrected chi connectivity index (χ4v) is 1.95. The molecule has 0 bridgehead atoms. The summed E-state index contributed by atoms with van der Waals surface area (Å²) in [5.74, 6) is -0.426. The van der Waals surface area contributed by atoms with E-state index in [1.165, 1.54) is 13.0 Å². The lowest BCUT2D eigenvalue weighted by Crippen LogP contribution is -2.12. The van der Waals surface area contributed by atoms with Crippen molar-refractivity contribution in [2.45, 2.75) is 46.1 Å². The van der Waals surface area contributed by atoms with Crippen LogP contribution in [0.3, 0.4) is 0 Å². The van der Waals surface area contributed by atoms with Crippen LogP contribution in [-0.4, -0.2) is 17.0 Å². The largest absolute Gasteiger partial charge is 0.492 e. The van der Waals surface area contributed by atoms with Gasteiger partial charge in [-0.05, 0) is 30.9 Å². The lowest BCUT2D eigenvalue weighted by atomic mass is 9.86. The van der Waals surface area contributed by atoms with Crippen LogP contribution in [0.5, 0.6) is 0 Å². The third-order valence-corrected chi connectivity index (χ3v) is 3.46. The maximum atomic E-state index is 11.3. The van der Waals surface area contributed by atoms with Crippen LogP contribution in [0.4, 0.5) is 5.69 Å². The molecule has 124 valence electrons. The van der Waals surface area contributed by atoms with E-state index in [1.54, 1.807) is 13.0 Å². The van der Waals surface area contributed by atoms with Crippen LogP contribution in [0.15, 0.2) is 30.0 Å². The van der Waals surface area contributed by atoms with Gasteiger partial charge in [0.1, 0.15) is 6.10 Å². The SMILES string of the molecule is CC(=O)C(C=O)=COC(C)c1ccc(C(C)(C)C)cc1[N+](=O)[O-]. The molecule has 0 spiro atoms. The highest BCUT2D eigenvalue weighted by Gasteiger charge is 2.24. The fraction of sp³-hybridized carbons (Fsp3) is 0.412. The van der Waals surface area contributed by atoms with Crippen LogP contribution in [0, 0.1) is 10.1 Å². The third-order valence-electron chi connectivity index (χ3n) is 3.46. The van der Waals surface area contributed by atoms with Crippen molar-refractivity contribution >= 4 is 17.8 Å². The summed E-state index contributed by atoms with van der Waals surface area (Å²) in [6.07, 6.45) is 0.770. The second-order valence-corrected chi connectivity index (χ2v) is 6.31. The topological polar surface area (TPSA) is 86.5 Å².